The van der Waals surface area contributed by atoms with Crippen molar-refractivity contribution in [3.8, 4) is 5.75 Å². The van der Waals surface area contributed by atoms with Gasteiger partial charge in [-0.2, -0.15) is 0 Å². The van der Waals surface area contributed by atoms with Crippen LogP contribution in [0.1, 0.15) is 26.3 Å². The maximum absolute atomic E-state index is 13.7. The minimum atomic E-state index is -0.772. The number of nitrogens with one attached hydrogen (secondary N) is 1. The van der Waals surface area contributed by atoms with Crippen LogP contribution >= 0.6 is 0 Å². The average Bonchev–Trinajstić information content (AvgIpc) is 2.26. The van der Waals surface area contributed by atoms with E-state index in [1.165, 1.54) is 19.1 Å². The van der Waals surface area contributed by atoms with Crippen LogP contribution < -0.4 is 10.1 Å². The molecule has 1 atom stereocenters. The molecular weight excluding hydrogens is 252 g/mol. The molecule has 0 aliphatic rings. The van der Waals surface area contributed by atoms with Crippen LogP contribution in [0.15, 0.2) is 12.1 Å². The second-order valence-electron chi connectivity index (χ2n) is 5.07. The van der Waals surface area contributed by atoms with Gasteiger partial charge in [-0.1, -0.05) is 13.8 Å². The molecule has 1 aromatic rings. The molecule has 0 saturated heterocycles. The smallest absolute Gasteiger partial charge is 0.190 e. The van der Waals surface area contributed by atoms with Crippen LogP contribution in [0.2, 0.25) is 0 Å². The van der Waals surface area contributed by atoms with Gasteiger partial charge in [-0.15, -0.1) is 0 Å². The Balaban J connectivity index is 2.67. The summed E-state index contributed by atoms with van der Waals surface area (Å²) in [6, 6.07) is 2.49. The molecule has 1 rings (SSSR count). The summed E-state index contributed by atoms with van der Waals surface area (Å²) in [6.45, 7) is 6.65. The number of halogens is 2. The van der Waals surface area contributed by atoms with Crippen molar-refractivity contribution in [3.63, 3.8) is 0 Å². The van der Waals surface area contributed by atoms with Gasteiger partial charge in [0.05, 0.1) is 6.10 Å². The Morgan fingerprint density at radius 3 is 2.26 bits per heavy atom. The first-order chi connectivity index (χ1) is 8.90. The van der Waals surface area contributed by atoms with Crippen LogP contribution in [0.4, 0.5) is 8.78 Å². The van der Waals surface area contributed by atoms with E-state index in [1.54, 1.807) is 0 Å². The van der Waals surface area contributed by atoms with E-state index < -0.39 is 23.5 Å². The number of rotatable bonds is 7. The number of hydrogen-bond acceptors (Lipinski definition) is 3. The van der Waals surface area contributed by atoms with E-state index in [2.05, 4.69) is 19.2 Å². The van der Waals surface area contributed by atoms with Crippen LogP contribution in [0, 0.1) is 17.6 Å². The van der Waals surface area contributed by atoms with Crippen LogP contribution in [0.25, 0.3) is 0 Å². The van der Waals surface area contributed by atoms with E-state index in [0.29, 0.717) is 18.0 Å². The largest absolute Gasteiger partial charge is 0.485 e. The highest BCUT2D eigenvalue weighted by Gasteiger charge is 2.13. The molecule has 2 N–H and O–H groups in total. The topological polar surface area (TPSA) is 41.5 Å². The van der Waals surface area contributed by atoms with Crippen molar-refractivity contribution >= 4 is 0 Å². The number of hydrogen-bond donors (Lipinski definition) is 2. The standard InChI is InChI=1S/C14H21F2NO2/c1-9(2)6-17-7-11-4-12(15)14(13(16)5-11)19-8-10(3)18/h4-5,9-10,17-18H,6-8H2,1-3H3. The highest BCUT2D eigenvalue weighted by Crippen LogP contribution is 2.23. The fraction of sp³-hybridized carbons (Fsp3) is 0.571. The maximum Gasteiger partial charge on any atom is 0.190 e. The third kappa shape index (κ3) is 5.53. The van der Waals surface area contributed by atoms with Crippen molar-refractivity contribution in [2.75, 3.05) is 13.2 Å². The molecular formula is C14H21F2NO2. The van der Waals surface area contributed by atoms with E-state index in [0.717, 1.165) is 6.54 Å². The van der Waals surface area contributed by atoms with Crippen molar-refractivity contribution < 1.29 is 18.6 Å². The van der Waals surface area contributed by atoms with Crippen molar-refractivity contribution in [2.45, 2.75) is 33.4 Å². The lowest BCUT2D eigenvalue weighted by Gasteiger charge is -2.12. The molecule has 0 aliphatic carbocycles. The van der Waals surface area contributed by atoms with E-state index in [1.807, 2.05) is 0 Å². The first-order valence-electron chi connectivity index (χ1n) is 6.39. The van der Waals surface area contributed by atoms with E-state index in [4.69, 9.17) is 9.84 Å². The lowest BCUT2D eigenvalue weighted by atomic mass is 10.1. The molecule has 1 aromatic carbocycles. The van der Waals surface area contributed by atoms with Crippen molar-refractivity contribution in [3.05, 3.63) is 29.3 Å². The zero-order chi connectivity index (χ0) is 14.4. The molecule has 0 aromatic heterocycles. The van der Waals surface area contributed by atoms with Gasteiger partial charge in [0.25, 0.3) is 0 Å². The molecule has 0 aliphatic heterocycles. The molecule has 0 radical (unpaired) electrons. The number of aliphatic hydroxyl groups excluding tert-OH is 1. The lowest BCUT2D eigenvalue weighted by molar-refractivity contribution is 0.117. The normalized spacial score (nSPS) is 12.8. The van der Waals surface area contributed by atoms with Gasteiger partial charge in [0.15, 0.2) is 17.4 Å². The van der Waals surface area contributed by atoms with E-state index in [9.17, 15) is 8.78 Å². The van der Waals surface area contributed by atoms with E-state index in [-0.39, 0.29) is 6.61 Å². The summed E-state index contributed by atoms with van der Waals surface area (Å²) in [5, 5.41) is 12.1. The Labute approximate surface area is 112 Å². The van der Waals surface area contributed by atoms with Gasteiger partial charge in [-0.3, -0.25) is 0 Å². The number of benzene rings is 1. The van der Waals surface area contributed by atoms with Crippen LogP contribution in [0.5, 0.6) is 5.75 Å². The maximum atomic E-state index is 13.7. The SMILES string of the molecule is CC(C)CNCc1cc(F)c(OCC(C)O)c(F)c1. The van der Waals surface area contributed by atoms with Gasteiger partial charge in [-0.25, -0.2) is 8.78 Å². The third-order valence-corrected chi connectivity index (χ3v) is 2.41. The fourth-order valence-corrected chi connectivity index (χ4v) is 1.56. The van der Waals surface area contributed by atoms with Gasteiger partial charge in [0.2, 0.25) is 0 Å². The zero-order valence-corrected chi connectivity index (χ0v) is 11.5. The van der Waals surface area contributed by atoms with Crippen LogP contribution in [0.3, 0.4) is 0 Å². The van der Waals surface area contributed by atoms with Gasteiger partial charge < -0.3 is 15.2 Å². The lowest BCUT2D eigenvalue weighted by Crippen LogP contribution is -2.19. The molecule has 3 nitrogen and oxygen atoms in total. The average molecular weight is 273 g/mol. The van der Waals surface area contributed by atoms with Gasteiger partial charge in [0, 0.05) is 6.54 Å². The van der Waals surface area contributed by atoms with Gasteiger partial charge >= 0.3 is 0 Å². The second-order valence-corrected chi connectivity index (χ2v) is 5.07. The minimum absolute atomic E-state index is 0.140. The Morgan fingerprint density at radius 1 is 1.21 bits per heavy atom. The quantitative estimate of drug-likeness (QED) is 0.802. The summed E-state index contributed by atoms with van der Waals surface area (Å²) in [7, 11) is 0. The number of ether oxygens (including phenoxy) is 1. The summed E-state index contributed by atoms with van der Waals surface area (Å²) in [4.78, 5) is 0. The highest BCUT2D eigenvalue weighted by molar-refractivity contribution is 5.31. The van der Waals surface area contributed by atoms with Crippen molar-refractivity contribution in [2.24, 2.45) is 5.92 Å². The molecule has 19 heavy (non-hydrogen) atoms. The molecule has 0 bridgehead atoms. The summed E-state index contributed by atoms with van der Waals surface area (Å²) in [5.74, 6) is -1.46. The summed E-state index contributed by atoms with van der Waals surface area (Å²) >= 11 is 0. The third-order valence-electron chi connectivity index (χ3n) is 2.41. The zero-order valence-electron chi connectivity index (χ0n) is 11.5. The summed E-state index contributed by atoms with van der Waals surface area (Å²) < 4.78 is 32.3. The fourth-order valence-electron chi connectivity index (χ4n) is 1.56. The molecule has 0 spiro atoms. The molecule has 1 unspecified atom stereocenters. The molecule has 0 fully saturated rings. The first-order valence-corrected chi connectivity index (χ1v) is 6.39. The van der Waals surface area contributed by atoms with Crippen LogP contribution in [-0.2, 0) is 6.54 Å². The molecule has 0 heterocycles. The van der Waals surface area contributed by atoms with E-state index >= 15 is 0 Å². The van der Waals surface area contributed by atoms with Crippen molar-refractivity contribution in [1.82, 2.24) is 5.32 Å². The Kier molecular flexibility index (Phi) is 6.18. The predicted molar refractivity (Wildman–Crippen MR) is 70.1 cm³/mol. The Morgan fingerprint density at radius 2 is 1.79 bits per heavy atom. The molecule has 0 amide bonds. The molecule has 5 heteroatoms. The summed E-state index contributed by atoms with van der Waals surface area (Å²) in [5.41, 5.74) is 0.528. The number of aliphatic hydroxyl groups is 1. The predicted octanol–water partition coefficient (Wildman–Crippen LogP) is 2.47. The van der Waals surface area contributed by atoms with Crippen molar-refractivity contribution in [1.29, 1.82) is 0 Å². The summed E-state index contributed by atoms with van der Waals surface area (Å²) in [6.07, 6.45) is -0.772. The monoisotopic (exact) mass is 273 g/mol. The molecule has 0 saturated carbocycles. The Bertz CT molecular complexity index is 385. The minimum Gasteiger partial charge on any atom is -0.485 e. The van der Waals surface area contributed by atoms with Gasteiger partial charge in [0.1, 0.15) is 6.61 Å². The molecule has 108 valence electrons. The second kappa shape index (κ2) is 7.40. The Hall–Kier alpha value is -1.20. The van der Waals surface area contributed by atoms with Crippen LogP contribution in [-0.4, -0.2) is 24.4 Å². The highest BCUT2D eigenvalue weighted by atomic mass is 19.1. The first kappa shape index (κ1) is 15.9. The van der Waals surface area contributed by atoms with Gasteiger partial charge in [-0.05, 0) is 37.1 Å².